The zero-order chi connectivity index (χ0) is 14.9. The van der Waals surface area contributed by atoms with E-state index in [4.69, 9.17) is 10.6 Å². The molecule has 0 saturated carbocycles. The van der Waals surface area contributed by atoms with Gasteiger partial charge in [0.1, 0.15) is 5.75 Å². The number of methoxy groups -OCH3 is 1. The number of nitrogens with zero attached hydrogens (tertiary/aromatic N) is 1. The van der Waals surface area contributed by atoms with Gasteiger partial charge in [0.05, 0.1) is 7.11 Å². The first kappa shape index (κ1) is 14.9. The van der Waals surface area contributed by atoms with Crippen LogP contribution in [0.15, 0.2) is 59.6 Å². The molecule has 0 spiro atoms. The van der Waals surface area contributed by atoms with E-state index in [9.17, 15) is 0 Å². The molecule has 21 heavy (non-hydrogen) atoms. The van der Waals surface area contributed by atoms with E-state index in [1.165, 1.54) is 5.56 Å². The Morgan fingerprint density at radius 1 is 1.14 bits per heavy atom. The summed E-state index contributed by atoms with van der Waals surface area (Å²) >= 11 is 0. The Hall–Kier alpha value is -2.53. The van der Waals surface area contributed by atoms with Crippen LogP contribution in [0.3, 0.4) is 0 Å². The first-order valence-electron chi connectivity index (χ1n) is 6.78. The van der Waals surface area contributed by atoms with Gasteiger partial charge in [-0.05, 0) is 36.2 Å². The second-order valence-electron chi connectivity index (χ2n) is 4.47. The number of hydrogen-bond donors (Lipinski definition) is 3. The highest BCUT2D eigenvalue weighted by molar-refractivity contribution is 5.93. The van der Waals surface area contributed by atoms with Gasteiger partial charge in [0.25, 0.3) is 0 Å². The molecule has 0 saturated heterocycles. The molecule has 110 valence electrons. The zero-order valence-electron chi connectivity index (χ0n) is 12.0. The summed E-state index contributed by atoms with van der Waals surface area (Å²) in [5, 5.41) is 3.13. The van der Waals surface area contributed by atoms with Crippen LogP contribution in [0, 0.1) is 0 Å². The lowest BCUT2D eigenvalue weighted by atomic mass is 10.1. The fraction of sp³-hybridized carbons (Fsp3) is 0.188. The van der Waals surface area contributed by atoms with Crippen molar-refractivity contribution in [1.29, 1.82) is 0 Å². The molecular weight excluding hydrogens is 264 g/mol. The summed E-state index contributed by atoms with van der Waals surface area (Å²) in [7, 11) is 1.66. The highest BCUT2D eigenvalue weighted by Gasteiger charge is 1.98. The Kier molecular flexibility index (Phi) is 5.60. The van der Waals surface area contributed by atoms with E-state index in [1.54, 1.807) is 7.11 Å². The maximum absolute atomic E-state index is 5.48. The van der Waals surface area contributed by atoms with Crippen LogP contribution in [0.2, 0.25) is 0 Å². The molecule has 2 aromatic carbocycles. The van der Waals surface area contributed by atoms with Crippen LogP contribution in [-0.4, -0.2) is 19.6 Å². The van der Waals surface area contributed by atoms with Crippen molar-refractivity contribution in [3.05, 3.63) is 60.2 Å². The Morgan fingerprint density at radius 2 is 1.95 bits per heavy atom. The smallest absolute Gasteiger partial charge is 0.210 e. The fourth-order valence-electron chi connectivity index (χ4n) is 1.90. The molecule has 0 atom stereocenters. The molecule has 0 aromatic heterocycles. The van der Waals surface area contributed by atoms with E-state index in [2.05, 4.69) is 21.8 Å². The average molecular weight is 284 g/mol. The van der Waals surface area contributed by atoms with E-state index in [1.807, 2.05) is 48.5 Å². The van der Waals surface area contributed by atoms with Crippen LogP contribution < -0.4 is 21.3 Å². The van der Waals surface area contributed by atoms with Gasteiger partial charge in [-0.3, -0.25) is 10.4 Å². The quantitative estimate of drug-likeness (QED) is 0.340. The second-order valence-corrected chi connectivity index (χ2v) is 4.47. The Balaban J connectivity index is 1.91. The summed E-state index contributed by atoms with van der Waals surface area (Å²) in [6.45, 7) is 0.631. The van der Waals surface area contributed by atoms with Crippen LogP contribution in [0.4, 0.5) is 5.69 Å². The Bertz CT molecular complexity index is 584. The minimum atomic E-state index is 0.545. The second kappa shape index (κ2) is 7.91. The predicted molar refractivity (Wildman–Crippen MR) is 86.4 cm³/mol. The lowest BCUT2D eigenvalue weighted by Gasteiger charge is -2.09. The van der Waals surface area contributed by atoms with Crippen molar-refractivity contribution in [2.75, 3.05) is 19.0 Å². The predicted octanol–water partition coefficient (Wildman–Crippen LogP) is 2.17. The number of para-hydroxylation sites is 1. The Morgan fingerprint density at radius 3 is 2.67 bits per heavy atom. The number of hydrogen-bond acceptors (Lipinski definition) is 3. The topological polar surface area (TPSA) is 71.7 Å². The normalized spacial score (nSPS) is 11.0. The highest BCUT2D eigenvalue weighted by atomic mass is 16.5. The Labute approximate surface area is 124 Å². The SMILES string of the molecule is COc1cccc(CCN=C(NN)Nc2ccccc2)c1. The van der Waals surface area contributed by atoms with E-state index in [0.717, 1.165) is 17.9 Å². The zero-order valence-corrected chi connectivity index (χ0v) is 12.0. The summed E-state index contributed by atoms with van der Waals surface area (Å²) in [5.74, 6) is 6.89. The molecule has 0 aliphatic carbocycles. The van der Waals surface area contributed by atoms with E-state index < -0.39 is 0 Å². The van der Waals surface area contributed by atoms with Crippen molar-refractivity contribution in [2.24, 2.45) is 10.8 Å². The molecule has 0 heterocycles. The maximum atomic E-state index is 5.48. The molecule has 0 radical (unpaired) electrons. The number of rotatable bonds is 5. The minimum Gasteiger partial charge on any atom is -0.497 e. The number of hydrazine groups is 1. The van der Waals surface area contributed by atoms with Gasteiger partial charge >= 0.3 is 0 Å². The first-order chi connectivity index (χ1) is 10.3. The molecule has 0 amide bonds. The van der Waals surface area contributed by atoms with Crippen molar-refractivity contribution < 1.29 is 4.74 Å². The van der Waals surface area contributed by atoms with Gasteiger partial charge in [-0.2, -0.15) is 0 Å². The number of nitrogens with one attached hydrogen (secondary N) is 2. The molecule has 0 unspecified atom stereocenters. The van der Waals surface area contributed by atoms with Crippen molar-refractivity contribution in [1.82, 2.24) is 5.43 Å². The van der Waals surface area contributed by atoms with Crippen LogP contribution in [0.5, 0.6) is 5.75 Å². The summed E-state index contributed by atoms with van der Waals surface area (Å²) in [4.78, 5) is 4.42. The number of anilines is 1. The van der Waals surface area contributed by atoms with Gasteiger partial charge in [-0.1, -0.05) is 30.3 Å². The van der Waals surface area contributed by atoms with Gasteiger partial charge in [-0.15, -0.1) is 0 Å². The van der Waals surface area contributed by atoms with Crippen molar-refractivity contribution in [3.8, 4) is 5.75 Å². The molecule has 0 aliphatic rings. The summed E-state index contributed by atoms with van der Waals surface area (Å²) in [6, 6.07) is 17.7. The minimum absolute atomic E-state index is 0.545. The van der Waals surface area contributed by atoms with Crippen LogP contribution >= 0.6 is 0 Å². The molecular formula is C16H20N4O. The monoisotopic (exact) mass is 284 g/mol. The number of nitrogens with two attached hydrogens (primary N) is 1. The van der Waals surface area contributed by atoms with Crippen LogP contribution in [0.1, 0.15) is 5.56 Å². The largest absolute Gasteiger partial charge is 0.497 e. The van der Waals surface area contributed by atoms with Crippen LogP contribution in [0.25, 0.3) is 0 Å². The third-order valence-corrected chi connectivity index (χ3v) is 2.98. The third kappa shape index (κ3) is 4.81. The summed E-state index contributed by atoms with van der Waals surface area (Å²) in [6.07, 6.45) is 0.818. The summed E-state index contributed by atoms with van der Waals surface area (Å²) < 4.78 is 5.20. The highest BCUT2D eigenvalue weighted by Crippen LogP contribution is 2.13. The standard InChI is InChI=1S/C16H20N4O/c1-21-15-9-5-6-13(12-15)10-11-18-16(20-17)19-14-7-3-2-4-8-14/h2-9,12H,10-11,17H2,1H3,(H2,18,19,20). The first-order valence-corrected chi connectivity index (χ1v) is 6.78. The molecule has 5 nitrogen and oxygen atoms in total. The van der Waals surface area contributed by atoms with Gasteiger partial charge in [0.2, 0.25) is 5.96 Å². The van der Waals surface area contributed by atoms with Crippen molar-refractivity contribution >= 4 is 11.6 Å². The molecule has 0 bridgehead atoms. The van der Waals surface area contributed by atoms with E-state index in [0.29, 0.717) is 12.5 Å². The lowest BCUT2D eigenvalue weighted by Crippen LogP contribution is -2.36. The van der Waals surface area contributed by atoms with E-state index in [-0.39, 0.29) is 0 Å². The molecule has 0 fully saturated rings. The number of benzene rings is 2. The van der Waals surface area contributed by atoms with Crippen molar-refractivity contribution in [2.45, 2.75) is 6.42 Å². The summed E-state index contributed by atoms with van der Waals surface area (Å²) in [5.41, 5.74) is 4.69. The van der Waals surface area contributed by atoms with Gasteiger partial charge < -0.3 is 10.1 Å². The van der Waals surface area contributed by atoms with Crippen molar-refractivity contribution in [3.63, 3.8) is 0 Å². The lowest BCUT2D eigenvalue weighted by molar-refractivity contribution is 0.414. The molecule has 4 N–H and O–H groups in total. The number of ether oxygens (including phenoxy) is 1. The average Bonchev–Trinajstić information content (AvgIpc) is 2.55. The number of aliphatic imine (C=N–C) groups is 1. The fourth-order valence-corrected chi connectivity index (χ4v) is 1.90. The molecule has 2 aromatic rings. The van der Waals surface area contributed by atoms with Gasteiger partial charge in [-0.25, -0.2) is 5.84 Å². The molecule has 0 aliphatic heterocycles. The van der Waals surface area contributed by atoms with Gasteiger partial charge in [0, 0.05) is 12.2 Å². The maximum Gasteiger partial charge on any atom is 0.210 e. The van der Waals surface area contributed by atoms with Crippen LogP contribution in [-0.2, 0) is 6.42 Å². The third-order valence-electron chi connectivity index (χ3n) is 2.98. The van der Waals surface area contributed by atoms with E-state index >= 15 is 0 Å². The van der Waals surface area contributed by atoms with Gasteiger partial charge in [0.15, 0.2) is 0 Å². The molecule has 2 rings (SSSR count). The molecule has 5 heteroatoms. The number of guanidine groups is 1.